The topological polar surface area (TPSA) is 19.0 Å². The second kappa shape index (κ2) is 8.69. The molecule has 1 aromatic carbocycles. The summed E-state index contributed by atoms with van der Waals surface area (Å²) in [6, 6.07) is 5.29. The van der Waals surface area contributed by atoms with Crippen molar-refractivity contribution in [2.75, 3.05) is 50.7 Å². The van der Waals surface area contributed by atoms with Crippen LogP contribution in [0.4, 0.5) is 18.9 Å². The number of piperazine rings is 1. The first-order chi connectivity index (χ1) is 12.8. The molecule has 0 radical (unpaired) electrons. The van der Waals surface area contributed by atoms with Crippen molar-refractivity contribution in [3.05, 3.63) is 23.8 Å². The summed E-state index contributed by atoms with van der Waals surface area (Å²) >= 11 is 0. The Labute approximate surface area is 159 Å². The molecule has 0 spiro atoms. The van der Waals surface area contributed by atoms with Gasteiger partial charge in [0.05, 0.1) is 0 Å². The second-order valence-electron chi connectivity index (χ2n) is 8.00. The Bertz CT molecular complexity index is 607. The Balaban J connectivity index is 1.68. The Kier molecular flexibility index (Phi) is 6.52. The highest BCUT2D eigenvalue weighted by molar-refractivity contribution is 5.54. The number of nitrogens with zero attached hydrogens (tertiary/aromatic N) is 3. The summed E-state index contributed by atoms with van der Waals surface area (Å²) < 4.78 is 43.2. The number of hydrogen-bond donors (Lipinski definition) is 0. The molecule has 0 atom stereocenters. The molecule has 4 nitrogen and oxygen atoms in total. The summed E-state index contributed by atoms with van der Waals surface area (Å²) in [7, 11) is 0. The van der Waals surface area contributed by atoms with Gasteiger partial charge in [0.15, 0.2) is 0 Å². The van der Waals surface area contributed by atoms with Crippen LogP contribution in [0.3, 0.4) is 0 Å². The van der Waals surface area contributed by atoms with Crippen LogP contribution >= 0.6 is 0 Å². The minimum Gasteiger partial charge on any atom is -0.405 e. The molecule has 0 aliphatic carbocycles. The Hall–Kier alpha value is -1.47. The van der Waals surface area contributed by atoms with Gasteiger partial charge in [0, 0.05) is 69.7 Å². The molecule has 0 unspecified atom stereocenters. The summed E-state index contributed by atoms with van der Waals surface area (Å²) in [6.07, 6.45) is -2.51. The minimum atomic E-state index is -4.67. The number of ether oxygens (including phenoxy) is 1. The van der Waals surface area contributed by atoms with Crippen LogP contribution in [0.1, 0.15) is 32.3 Å². The average Bonchev–Trinajstić information content (AvgIpc) is 3.11. The van der Waals surface area contributed by atoms with Crippen LogP contribution in [0.2, 0.25) is 0 Å². The molecular weight excluding hydrogens is 355 g/mol. The summed E-state index contributed by atoms with van der Waals surface area (Å²) in [4.78, 5) is 6.76. The minimum absolute atomic E-state index is 0.0588. The van der Waals surface area contributed by atoms with E-state index in [-0.39, 0.29) is 5.75 Å². The Morgan fingerprint density at radius 2 is 1.59 bits per heavy atom. The van der Waals surface area contributed by atoms with Gasteiger partial charge in [-0.15, -0.1) is 13.2 Å². The van der Waals surface area contributed by atoms with Gasteiger partial charge >= 0.3 is 6.36 Å². The summed E-state index contributed by atoms with van der Waals surface area (Å²) in [6.45, 7) is 11.4. The summed E-state index contributed by atoms with van der Waals surface area (Å²) in [5.41, 5.74) is 1.42. The molecule has 2 heterocycles. The average molecular weight is 385 g/mol. The van der Waals surface area contributed by atoms with Gasteiger partial charge in [0.25, 0.3) is 0 Å². The van der Waals surface area contributed by atoms with Crippen molar-refractivity contribution in [3.8, 4) is 5.75 Å². The third-order valence-electron chi connectivity index (χ3n) is 5.23. The first-order valence-electron chi connectivity index (χ1n) is 9.88. The van der Waals surface area contributed by atoms with E-state index in [1.54, 1.807) is 12.1 Å². The van der Waals surface area contributed by atoms with Crippen molar-refractivity contribution in [1.29, 1.82) is 0 Å². The van der Waals surface area contributed by atoms with Crippen molar-refractivity contribution in [1.82, 2.24) is 9.80 Å². The van der Waals surface area contributed by atoms with E-state index in [4.69, 9.17) is 0 Å². The van der Waals surface area contributed by atoms with Crippen molar-refractivity contribution in [2.45, 2.75) is 39.6 Å². The zero-order valence-corrected chi connectivity index (χ0v) is 16.3. The summed E-state index contributed by atoms with van der Waals surface area (Å²) in [5.74, 6) is 0.568. The van der Waals surface area contributed by atoms with E-state index in [0.29, 0.717) is 18.0 Å². The highest BCUT2D eigenvalue weighted by Gasteiger charge is 2.33. The molecule has 2 saturated heterocycles. The van der Waals surface area contributed by atoms with Crippen molar-refractivity contribution >= 4 is 5.69 Å². The number of halogens is 3. The fraction of sp³-hybridized carbons (Fsp3) is 0.700. The number of rotatable bonds is 6. The first-order valence-corrected chi connectivity index (χ1v) is 9.88. The Morgan fingerprint density at radius 3 is 2.19 bits per heavy atom. The van der Waals surface area contributed by atoms with Gasteiger partial charge in [-0.05, 0) is 24.8 Å². The van der Waals surface area contributed by atoms with Gasteiger partial charge in [0.1, 0.15) is 5.75 Å². The number of benzene rings is 1. The third-order valence-corrected chi connectivity index (χ3v) is 5.23. The van der Waals surface area contributed by atoms with Crippen LogP contribution in [0, 0.1) is 5.92 Å². The van der Waals surface area contributed by atoms with Crippen LogP contribution < -0.4 is 9.64 Å². The van der Waals surface area contributed by atoms with E-state index >= 15 is 0 Å². The van der Waals surface area contributed by atoms with Gasteiger partial charge in [-0.1, -0.05) is 19.9 Å². The van der Waals surface area contributed by atoms with Gasteiger partial charge in [-0.25, -0.2) is 0 Å². The highest BCUT2D eigenvalue weighted by atomic mass is 19.4. The lowest BCUT2D eigenvalue weighted by Crippen LogP contribution is -2.46. The lowest BCUT2D eigenvalue weighted by molar-refractivity contribution is -0.275. The molecule has 2 aliphatic heterocycles. The maximum Gasteiger partial charge on any atom is 0.573 e. The molecule has 0 saturated carbocycles. The van der Waals surface area contributed by atoms with Crippen LogP contribution in [-0.4, -0.2) is 62.0 Å². The Morgan fingerprint density at radius 1 is 0.963 bits per heavy atom. The van der Waals surface area contributed by atoms with E-state index in [1.807, 2.05) is 6.07 Å². The molecule has 2 fully saturated rings. The molecular formula is C20H30F3N3O. The number of hydrogen-bond acceptors (Lipinski definition) is 4. The van der Waals surface area contributed by atoms with Crippen LogP contribution in [-0.2, 0) is 6.54 Å². The van der Waals surface area contributed by atoms with Gasteiger partial charge in [-0.2, -0.15) is 0 Å². The van der Waals surface area contributed by atoms with Crippen molar-refractivity contribution in [2.24, 2.45) is 5.92 Å². The molecule has 27 heavy (non-hydrogen) atoms. The van der Waals surface area contributed by atoms with E-state index in [0.717, 1.165) is 64.3 Å². The fourth-order valence-electron chi connectivity index (χ4n) is 3.95. The highest BCUT2D eigenvalue weighted by Crippen LogP contribution is 2.33. The molecule has 1 aromatic rings. The molecule has 0 amide bonds. The predicted molar refractivity (Wildman–Crippen MR) is 101 cm³/mol. The lowest BCUT2D eigenvalue weighted by Gasteiger charge is -2.35. The van der Waals surface area contributed by atoms with E-state index in [9.17, 15) is 13.2 Å². The van der Waals surface area contributed by atoms with Crippen LogP contribution in [0.5, 0.6) is 5.75 Å². The monoisotopic (exact) mass is 385 g/mol. The van der Waals surface area contributed by atoms with Gasteiger partial charge < -0.3 is 14.5 Å². The predicted octanol–water partition coefficient (Wildman–Crippen LogP) is 3.96. The summed E-state index contributed by atoms with van der Waals surface area (Å²) in [5, 5.41) is 0. The molecule has 0 N–H and O–H groups in total. The van der Waals surface area contributed by atoms with Crippen molar-refractivity contribution in [3.63, 3.8) is 0 Å². The fourth-order valence-corrected chi connectivity index (χ4v) is 3.95. The second-order valence-corrected chi connectivity index (χ2v) is 8.00. The molecule has 0 bridgehead atoms. The lowest BCUT2D eigenvalue weighted by atomic mass is 10.1. The zero-order valence-electron chi connectivity index (χ0n) is 16.3. The van der Waals surface area contributed by atoms with Crippen molar-refractivity contribution < 1.29 is 17.9 Å². The zero-order chi connectivity index (χ0) is 19.4. The maximum atomic E-state index is 12.9. The first kappa shape index (κ1) is 20.3. The number of anilines is 1. The third kappa shape index (κ3) is 6.01. The molecule has 2 aliphatic rings. The largest absolute Gasteiger partial charge is 0.573 e. The smallest absolute Gasteiger partial charge is 0.405 e. The molecule has 7 heteroatoms. The maximum absolute atomic E-state index is 12.9. The molecule has 152 valence electrons. The SMILES string of the molecule is CC(C)CN1CCN(Cc2ccc(N3CCCC3)cc2OC(F)(F)F)CC1. The quantitative estimate of drug-likeness (QED) is 0.738. The van der Waals surface area contributed by atoms with Crippen LogP contribution in [0.15, 0.2) is 18.2 Å². The van der Waals surface area contributed by atoms with Gasteiger partial charge in [0.2, 0.25) is 0 Å². The van der Waals surface area contributed by atoms with E-state index in [1.165, 1.54) is 0 Å². The molecule has 3 rings (SSSR count). The standard InChI is InChI=1S/C20H30F3N3O/c1-16(2)14-24-9-11-25(12-10-24)15-17-5-6-18(26-7-3-4-8-26)13-19(17)27-20(21,22)23/h5-6,13,16H,3-4,7-12,14-15H2,1-2H3. The van der Waals surface area contributed by atoms with Crippen LogP contribution in [0.25, 0.3) is 0 Å². The van der Waals surface area contributed by atoms with E-state index < -0.39 is 6.36 Å². The number of alkyl halides is 3. The van der Waals surface area contributed by atoms with E-state index in [2.05, 4.69) is 33.3 Å². The van der Waals surface area contributed by atoms with Gasteiger partial charge in [-0.3, -0.25) is 4.90 Å². The normalized spacial score (nSPS) is 19.9. The molecule has 0 aromatic heterocycles.